The molecule has 0 aliphatic heterocycles. The molecule has 0 fully saturated rings. The van der Waals surface area contributed by atoms with E-state index in [1.807, 2.05) is 0 Å². The van der Waals surface area contributed by atoms with Gasteiger partial charge >= 0.3 is 11.9 Å². The highest BCUT2D eigenvalue weighted by Gasteiger charge is 2.19. The highest BCUT2D eigenvalue weighted by atomic mass is 127. The van der Waals surface area contributed by atoms with Gasteiger partial charge in [-0.25, -0.2) is 9.59 Å². The number of carboxylic acid groups (broad SMARTS) is 2. The molecule has 0 bridgehead atoms. The van der Waals surface area contributed by atoms with Gasteiger partial charge in [0.1, 0.15) is 11.3 Å². The Hall–Kier alpha value is -1.31. The molecule has 0 unspecified atom stereocenters. The van der Waals surface area contributed by atoms with Gasteiger partial charge in [-0.3, -0.25) is 0 Å². The minimum absolute atomic E-state index is 0.0163. The summed E-state index contributed by atoms with van der Waals surface area (Å²) in [5, 5.41) is 26.6. The second kappa shape index (κ2) is 3.82. The number of carbonyl (C=O) groups is 2. The van der Waals surface area contributed by atoms with E-state index in [-0.39, 0.29) is 14.7 Å². The third-order valence-electron chi connectivity index (χ3n) is 1.56. The van der Waals surface area contributed by atoms with Crippen molar-refractivity contribution in [2.75, 3.05) is 0 Å². The van der Waals surface area contributed by atoms with Crippen molar-refractivity contribution in [3.8, 4) is 5.75 Å². The van der Waals surface area contributed by atoms with Crippen molar-refractivity contribution >= 4 is 34.5 Å². The van der Waals surface area contributed by atoms with Gasteiger partial charge in [0.25, 0.3) is 0 Å². The Morgan fingerprint density at radius 3 is 2.14 bits per heavy atom. The summed E-state index contributed by atoms with van der Waals surface area (Å²) in [6.45, 7) is 0. The van der Waals surface area contributed by atoms with E-state index in [9.17, 15) is 14.7 Å². The van der Waals surface area contributed by atoms with Crippen LogP contribution in [0.4, 0.5) is 0 Å². The first kappa shape index (κ1) is 10.8. The standard InChI is InChI=1S/C8H5IO5/c9-6-3(7(11)12)1-2-4(10)5(6)8(13)14/h1-2,10H,(H,11,12)(H,13,14). The summed E-state index contributed by atoms with van der Waals surface area (Å²) < 4.78 is 0.0163. The molecule has 0 aromatic heterocycles. The third kappa shape index (κ3) is 1.79. The lowest BCUT2D eigenvalue weighted by Gasteiger charge is -2.04. The fourth-order valence-corrected chi connectivity index (χ4v) is 1.85. The van der Waals surface area contributed by atoms with Gasteiger partial charge in [0.2, 0.25) is 0 Å². The summed E-state index contributed by atoms with van der Waals surface area (Å²) in [7, 11) is 0. The zero-order valence-corrected chi connectivity index (χ0v) is 8.85. The molecule has 0 spiro atoms. The molecule has 6 heteroatoms. The number of carboxylic acids is 2. The number of aromatic hydroxyl groups is 1. The van der Waals surface area contributed by atoms with Crippen LogP contribution in [0.15, 0.2) is 12.1 Å². The van der Waals surface area contributed by atoms with Crippen LogP contribution >= 0.6 is 22.6 Å². The lowest BCUT2D eigenvalue weighted by atomic mass is 10.1. The highest BCUT2D eigenvalue weighted by molar-refractivity contribution is 14.1. The fourth-order valence-electron chi connectivity index (χ4n) is 0.934. The monoisotopic (exact) mass is 308 g/mol. The van der Waals surface area contributed by atoms with Gasteiger partial charge in [0, 0.05) is 3.57 Å². The molecular formula is C8H5IO5. The van der Waals surface area contributed by atoms with Crippen LogP contribution in [-0.2, 0) is 0 Å². The van der Waals surface area contributed by atoms with Crippen molar-refractivity contribution in [1.29, 1.82) is 0 Å². The van der Waals surface area contributed by atoms with Crippen LogP contribution in [-0.4, -0.2) is 27.3 Å². The second-order valence-corrected chi connectivity index (χ2v) is 3.51. The number of hydrogen-bond acceptors (Lipinski definition) is 3. The van der Waals surface area contributed by atoms with Crippen LogP contribution in [0.5, 0.6) is 5.75 Å². The Labute approximate surface area is 92.1 Å². The number of benzene rings is 1. The number of phenols is 1. The van der Waals surface area contributed by atoms with E-state index in [1.54, 1.807) is 22.6 Å². The third-order valence-corrected chi connectivity index (χ3v) is 2.68. The average Bonchev–Trinajstić information content (AvgIpc) is 2.02. The lowest BCUT2D eigenvalue weighted by Crippen LogP contribution is -2.07. The predicted octanol–water partition coefficient (Wildman–Crippen LogP) is 1.39. The summed E-state index contributed by atoms with van der Waals surface area (Å²) in [5.74, 6) is -3.01. The molecule has 14 heavy (non-hydrogen) atoms. The molecule has 3 N–H and O–H groups in total. The average molecular weight is 308 g/mol. The summed E-state index contributed by atoms with van der Waals surface area (Å²) in [5.41, 5.74) is -0.522. The number of hydrogen-bond donors (Lipinski definition) is 3. The molecule has 0 heterocycles. The summed E-state index contributed by atoms with van der Waals surface area (Å²) in [6.07, 6.45) is 0. The van der Waals surface area contributed by atoms with Crippen LogP contribution in [0, 0.1) is 3.57 Å². The Balaban J connectivity index is 3.49. The molecule has 5 nitrogen and oxygen atoms in total. The van der Waals surface area contributed by atoms with E-state index in [0.717, 1.165) is 12.1 Å². The largest absolute Gasteiger partial charge is 0.507 e. The Kier molecular flexibility index (Phi) is 2.94. The Morgan fingerprint density at radius 2 is 1.71 bits per heavy atom. The molecule has 0 amide bonds. The van der Waals surface area contributed by atoms with Gasteiger partial charge in [0.15, 0.2) is 0 Å². The van der Waals surface area contributed by atoms with Crippen molar-refractivity contribution in [3.63, 3.8) is 0 Å². The minimum atomic E-state index is -1.35. The van der Waals surface area contributed by atoms with Gasteiger partial charge in [-0.2, -0.15) is 0 Å². The molecule has 1 aromatic rings. The molecule has 0 atom stereocenters. The first-order valence-corrected chi connectivity index (χ1v) is 4.51. The van der Waals surface area contributed by atoms with Crippen molar-refractivity contribution in [2.45, 2.75) is 0 Å². The fraction of sp³-hybridized carbons (Fsp3) is 0. The van der Waals surface area contributed by atoms with E-state index in [2.05, 4.69) is 0 Å². The molecule has 0 aliphatic rings. The van der Waals surface area contributed by atoms with E-state index in [4.69, 9.17) is 10.2 Å². The maximum Gasteiger partial charge on any atom is 0.340 e. The van der Waals surface area contributed by atoms with Crippen molar-refractivity contribution in [2.24, 2.45) is 0 Å². The van der Waals surface area contributed by atoms with Crippen molar-refractivity contribution in [3.05, 3.63) is 26.8 Å². The molecule has 0 saturated heterocycles. The normalized spacial score (nSPS) is 9.79. The van der Waals surface area contributed by atoms with E-state index in [1.165, 1.54) is 0 Å². The molecule has 0 saturated carbocycles. The number of rotatable bonds is 2. The zero-order chi connectivity index (χ0) is 10.9. The Bertz CT molecular complexity index is 412. The maximum absolute atomic E-state index is 10.7. The maximum atomic E-state index is 10.7. The minimum Gasteiger partial charge on any atom is -0.507 e. The van der Waals surface area contributed by atoms with Gasteiger partial charge in [0.05, 0.1) is 5.56 Å². The van der Waals surface area contributed by atoms with Gasteiger partial charge < -0.3 is 15.3 Å². The zero-order valence-electron chi connectivity index (χ0n) is 6.69. The molecule has 0 aliphatic carbocycles. The van der Waals surface area contributed by atoms with Crippen LogP contribution in [0.2, 0.25) is 0 Å². The van der Waals surface area contributed by atoms with E-state index >= 15 is 0 Å². The first-order chi connectivity index (χ1) is 6.45. The number of aromatic carboxylic acids is 2. The smallest absolute Gasteiger partial charge is 0.340 e. The van der Waals surface area contributed by atoms with E-state index < -0.39 is 17.7 Å². The molecule has 0 radical (unpaired) electrons. The lowest BCUT2D eigenvalue weighted by molar-refractivity contribution is 0.0692. The molecular weight excluding hydrogens is 303 g/mol. The van der Waals surface area contributed by atoms with Gasteiger partial charge in [-0.05, 0) is 34.7 Å². The van der Waals surface area contributed by atoms with Crippen LogP contribution < -0.4 is 0 Å². The van der Waals surface area contributed by atoms with Crippen molar-refractivity contribution < 1.29 is 24.9 Å². The van der Waals surface area contributed by atoms with E-state index in [0.29, 0.717) is 0 Å². The summed E-state index contributed by atoms with van der Waals surface area (Å²) in [4.78, 5) is 21.3. The number of halogens is 1. The molecule has 74 valence electrons. The van der Waals surface area contributed by atoms with Crippen LogP contribution in [0.1, 0.15) is 20.7 Å². The van der Waals surface area contributed by atoms with Gasteiger partial charge in [-0.15, -0.1) is 0 Å². The predicted molar refractivity (Wildman–Crippen MR) is 54.7 cm³/mol. The van der Waals surface area contributed by atoms with Gasteiger partial charge in [-0.1, -0.05) is 0 Å². The highest BCUT2D eigenvalue weighted by Crippen LogP contribution is 2.26. The van der Waals surface area contributed by atoms with Crippen LogP contribution in [0.25, 0.3) is 0 Å². The second-order valence-electron chi connectivity index (χ2n) is 2.43. The quantitative estimate of drug-likeness (QED) is 0.718. The van der Waals surface area contributed by atoms with Crippen molar-refractivity contribution in [1.82, 2.24) is 0 Å². The summed E-state index contributed by atoms with van der Waals surface area (Å²) in [6, 6.07) is 2.21. The Morgan fingerprint density at radius 1 is 1.14 bits per heavy atom. The first-order valence-electron chi connectivity index (χ1n) is 3.43. The summed E-state index contributed by atoms with van der Waals surface area (Å²) >= 11 is 1.58. The molecule has 1 aromatic carbocycles. The van der Waals surface area contributed by atoms with Crippen LogP contribution in [0.3, 0.4) is 0 Å². The molecule has 1 rings (SSSR count). The topological polar surface area (TPSA) is 94.8 Å². The SMILES string of the molecule is O=C(O)c1ccc(O)c(C(=O)O)c1I.